The van der Waals surface area contributed by atoms with Crippen molar-refractivity contribution in [2.24, 2.45) is 0 Å². The molecule has 0 N–H and O–H groups in total. The average Bonchev–Trinajstić information content (AvgIpc) is 3.00. The monoisotopic (exact) mass is 498 g/mol. The van der Waals surface area contributed by atoms with Crippen molar-refractivity contribution in [2.75, 3.05) is 9.80 Å². The normalized spacial score (nSPS) is 17.3. The van der Waals surface area contributed by atoms with Crippen LogP contribution in [0.1, 0.15) is 64.2 Å². The van der Waals surface area contributed by atoms with Crippen LogP contribution in [0.25, 0.3) is 11.1 Å². The lowest BCUT2D eigenvalue weighted by molar-refractivity contribution is 0.680. The molecule has 2 heteroatoms. The van der Waals surface area contributed by atoms with E-state index in [1.54, 1.807) is 0 Å². The number of hydrogen-bond acceptors (Lipinski definition) is 2. The van der Waals surface area contributed by atoms with Gasteiger partial charge in [-0.15, -0.1) is 0 Å². The Kier molecular flexibility index (Phi) is 7.58. The van der Waals surface area contributed by atoms with E-state index in [9.17, 15) is 0 Å². The van der Waals surface area contributed by atoms with Crippen LogP contribution in [-0.4, -0.2) is 0 Å². The van der Waals surface area contributed by atoms with Gasteiger partial charge in [-0.05, 0) is 118 Å². The van der Waals surface area contributed by atoms with Crippen LogP contribution >= 0.6 is 0 Å². The van der Waals surface area contributed by atoms with Crippen molar-refractivity contribution in [3.05, 3.63) is 126 Å². The molecule has 0 heterocycles. The number of para-hydroxylation sites is 1. The zero-order valence-corrected chi connectivity index (χ0v) is 22.4. The summed E-state index contributed by atoms with van der Waals surface area (Å²) in [7, 11) is 0. The van der Waals surface area contributed by atoms with Gasteiger partial charge in [-0.2, -0.15) is 0 Å². The van der Waals surface area contributed by atoms with Gasteiger partial charge in [-0.3, -0.25) is 0 Å². The molecule has 0 atom stereocenters. The van der Waals surface area contributed by atoms with Crippen LogP contribution in [0, 0.1) is 0 Å². The molecular weight excluding hydrogens is 460 g/mol. The average molecular weight is 499 g/mol. The molecule has 0 bridgehead atoms. The first-order chi connectivity index (χ1) is 18.9. The minimum Gasteiger partial charge on any atom is -0.318 e. The highest BCUT2D eigenvalue weighted by atomic mass is 15.2. The molecule has 6 rings (SSSR count). The third kappa shape index (κ3) is 5.41. The van der Waals surface area contributed by atoms with Gasteiger partial charge in [0.15, 0.2) is 0 Å². The summed E-state index contributed by atoms with van der Waals surface area (Å²) in [6.45, 7) is 0. The molecule has 3 aromatic carbocycles. The number of rotatable bonds is 7. The van der Waals surface area contributed by atoms with Gasteiger partial charge >= 0.3 is 0 Å². The predicted octanol–water partition coefficient (Wildman–Crippen LogP) is 10.4. The van der Waals surface area contributed by atoms with E-state index in [2.05, 4.69) is 119 Å². The van der Waals surface area contributed by atoms with Crippen molar-refractivity contribution in [1.29, 1.82) is 0 Å². The maximum atomic E-state index is 2.52. The van der Waals surface area contributed by atoms with E-state index in [4.69, 9.17) is 0 Å². The van der Waals surface area contributed by atoms with Gasteiger partial charge in [0.05, 0.1) is 0 Å². The standard InChI is InChI=1S/C36H38N2/c1-5-13-31(14-6-1)37(32-15-7-2-8-16-32)35-25-21-29(22-26-35)30-23-27-36(28-24-30)38(33-17-9-3-10-18-33)34-19-11-4-12-20-34/h1,3,5-6,9,13-15,17,19,21-28H,2,4,7-8,10-12,16,18,20H2. The quantitative estimate of drug-likeness (QED) is 0.320. The van der Waals surface area contributed by atoms with Gasteiger partial charge in [0.25, 0.3) is 0 Å². The molecule has 0 unspecified atom stereocenters. The Balaban J connectivity index is 1.27. The van der Waals surface area contributed by atoms with Gasteiger partial charge < -0.3 is 9.80 Å². The van der Waals surface area contributed by atoms with Crippen LogP contribution in [0.4, 0.5) is 17.1 Å². The fraction of sp³-hybridized carbons (Fsp3) is 0.278. The van der Waals surface area contributed by atoms with E-state index in [0.29, 0.717) is 0 Å². The number of allylic oxidation sites excluding steroid dienone is 8. The molecule has 3 aliphatic carbocycles. The summed E-state index contributed by atoms with van der Waals surface area (Å²) >= 11 is 0. The van der Waals surface area contributed by atoms with Crippen LogP contribution in [0.15, 0.2) is 126 Å². The van der Waals surface area contributed by atoms with E-state index in [1.807, 2.05) is 0 Å². The van der Waals surface area contributed by atoms with Gasteiger partial charge in [0, 0.05) is 34.2 Å². The van der Waals surface area contributed by atoms with E-state index in [-0.39, 0.29) is 0 Å². The van der Waals surface area contributed by atoms with Crippen LogP contribution in [-0.2, 0) is 0 Å². The first kappa shape index (κ1) is 24.6. The third-order valence-corrected chi connectivity index (χ3v) is 7.99. The second-order valence-corrected chi connectivity index (χ2v) is 10.6. The molecule has 0 fully saturated rings. The molecule has 0 saturated carbocycles. The van der Waals surface area contributed by atoms with Crippen LogP contribution in [0.5, 0.6) is 0 Å². The molecule has 0 spiro atoms. The highest BCUT2D eigenvalue weighted by Crippen LogP contribution is 2.37. The molecule has 3 aliphatic rings. The van der Waals surface area contributed by atoms with Crippen molar-refractivity contribution in [1.82, 2.24) is 0 Å². The smallest absolute Gasteiger partial charge is 0.0458 e. The highest BCUT2D eigenvalue weighted by Gasteiger charge is 2.20. The molecular formula is C36H38N2. The zero-order valence-electron chi connectivity index (χ0n) is 22.4. The van der Waals surface area contributed by atoms with E-state index in [0.717, 1.165) is 19.3 Å². The van der Waals surface area contributed by atoms with E-state index >= 15 is 0 Å². The highest BCUT2D eigenvalue weighted by molar-refractivity contribution is 5.74. The van der Waals surface area contributed by atoms with Gasteiger partial charge in [-0.1, -0.05) is 66.8 Å². The topological polar surface area (TPSA) is 6.48 Å². The Labute approximate surface area is 228 Å². The number of hydrogen-bond donors (Lipinski definition) is 0. The number of benzene rings is 3. The van der Waals surface area contributed by atoms with E-state index < -0.39 is 0 Å². The molecule has 0 aliphatic heterocycles. The summed E-state index contributed by atoms with van der Waals surface area (Å²) in [5, 5.41) is 0. The van der Waals surface area contributed by atoms with Crippen LogP contribution < -0.4 is 9.80 Å². The Morgan fingerprint density at radius 2 is 1.00 bits per heavy atom. The fourth-order valence-corrected chi connectivity index (χ4v) is 6.00. The second-order valence-electron chi connectivity index (χ2n) is 10.6. The molecule has 192 valence electrons. The fourth-order valence-electron chi connectivity index (χ4n) is 6.00. The summed E-state index contributed by atoms with van der Waals surface area (Å²) < 4.78 is 0. The summed E-state index contributed by atoms with van der Waals surface area (Å²) in [4.78, 5) is 4.96. The summed E-state index contributed by atoms with van der Waals surface area (Å²) in [6.07, 6.45) is 23.7. The Morgan fingerprint density at radius 1 is 0.447 bits per heavy atom. The molecule has 2 nitrogen and oxygen atoms in total. The predicted molar refractivity (Wildman–Crippen MR) is 162 cm³/mol. The van der Waals surface area contributed by atoms with Crippen molar-refractivity contribution >= 4 is 17.1 Å². The second kappa shape index (κ2) is 11.7. The Morgan fingerprint density at radius 3 is 1.53 bits per heavy atom. The first-order valence-electron chi connectivity index (χ1n) is 14.5. The lowest BCUT2D eigenvalue weighted by Gasteiger charge is -2.32. The van der Waals surface area contributed by atoms with Crippen LogP contribution in [0.3, 0.4) is 0 Å². The van der Waals surface area contributed by atoms with Gasteiger partial charge in [0.1, 0.15) is 0 Å². The number of anilines is 3. The number of nitrogens with zero attached hydrogens (tertiary/aromatic N) is 2. The van der Waals surface area contributed by atoms with Crippen molar-refractivity contribution in [3.63, 3.8) is 0 Å². The summed E-state index contributed by atoms with van der Waals surface area (Å²) in [5.74, 6) is 0. The maximum absolute atomic E-state index is 2.52. The summed E-state index contributed by atoms with van der Waals surface area (Å²) in [6, 6.07) is 29.1. The third-order valence-electron chi connectivity index (χ3n) is 7.99. The first-order valence-corrected chi connectivity index (χ1v) is 14.5. The minimum atomic E-state index is 1.10. The van der Waals surface area contributed by atoms with E-state index in [1.165, 1.54) is 90.2 Å². The van der Waals surface area contributed by atoms with Crippen molar-refractivity contribution < 1.29 is 0 Å². The Bertz CT molecular complexity index is 1340. The lowest BCUT2D eigenvalue weighted by Crippen LogP contribution is -2.23. The minimum absolute atomic E-state index is 1.10. The van der Waals surface area contributed by atoms with Gasteiger partial charge in [0.2, 0.25) is 0 Å². The molecule has 0 aromatic heterocycles. The molecule has 0 amide bonds. The lowest BCUT2D eigenvalue weighted by atomic mass is 9.99. The molecule has 38 heavy (non-hydrogen) atoms. The zero-order chi connectivity index (χ0) is 25.6. The van der Waals surface area contributed by atoms with Crippen LogP contribution in [0.2, 0.25) is 0 Å². The van der Waals surface area contributed by atoms with Gasteiger partial charge in [-0.25, -0.2) is 0 Å². The Hall–Kier alpha value is -3.78. The van der Waals surface area contributed by atoms with Crippen molar-refractivity contribution in [3.8, 4) is 11.1 Å². The largest absolute Gasteiger partial charge is 0.318 e. The summed E-state index contributed by atoms with van der Waals surface area (Å²) in [5.41, 5.74) is 10.6. The molecule has 0 radical (unpaired) electrons. The molecule has 3 aromatic rings. The maximum Gasteiger partial charge on any atom is 0.0458 e. The molecule has 0 saturated heterocycles. The van der Waals surface area contributed by atoms with Crippen molar-refractivity contribution in [2.45, 2.75) is 64.2 Å². The SMILES string of the molecule is C1=CCCC(N(C2=CCCCC2)c2ccc(-c3ccc(N(C4=CCCCC4)c4ccccc4)cc3)cc2)=C1.